The van der Waals surface area contributed by atoms with E-state index in [1.54, 1.807) is 6.33 Å². The van der Waals surface area contributed by atoms with Crippen LogP contribution in [0.3, 0.4) is 0 Å². The monoisotopic (exact) mass is 216 g/mol. The van der Waals surface area contributed by atoms with Crippen LogP contribution in [0, 0.1) is 0 Å². The summed E-state index contributed by atoms with van der Waals surface area (Å²) in [7, 11) is 0. The van der Waals surface area contributed by atoms with Gasteiger partial charge >= 0.3 is 0 Å². The van der Waals surface area contributed by atoms with E-state index in [-0.39, 0.29) is 5.56 Å². The maximum Gasteiger partial charge on any atom is 0.280 e. The Balaban J connectivity index is 2.38. The highest BCUT2D eigenvalue weighted by Crippen LogP contribution is 2.09. The van der Waals surface area contributed by atoms with Gasteiger partial charge in [0.15, 0.2) is 0 Å². The molecule has 2 aromatic rings. The lowest BCUT2D eigenvalue weighted by atomic mass is 10.2. The number of unbranched alkanes of at least 4 members (excludes halogenated alkanes) is 2. The summed E-state index contributed by atoms with van der Waals surface area (Å²) in [5.74, 6) is 0. The molecule has 16 heavy (non-hydrogen) atoms. The van der Waals surface area contributed by atoms with Crippen LogP contribution in [0.1, 0.15) is 26.2 Å². The lowest BCUT2D eigenvalue weighted by Gasteiger charge is -2.08. The minimum atomic E-state index is -0.137. The number of para-hydroxylation sites is 1. The molecular formula is C13H16N2O. The Morgan fingerprint density at radius 1 is 1.25 bits per heavy atom. The van der Waals surface area contributed by atoms with Crippen molar-refractivity contribution in [2.75, 3.05) is 0 Å². The SMILES string of the molecule is CCCCCn1cnc(=O)c2ccccc21. The van der Waals surface area contributed by atoms with Crippen LogP contribution in [0.15, 0.2) is 35.4 Å². The fourth-order valence-electron chi connectivity index (χ4n) is 1.87. The first-order valence-electron chi connectivity index (χ1n) is 5.77. The summed E-state index contributed by atoms with van der Waals surface area (Å²) >= 11 is 0. The molecule has 0 N–H and O–H groups in total. The lowest BCUT2D eigenvalue weighted by molar-refractivity contribution is 0.606. The van der Waals surface area contributed by atoms with Crippen LogP contribution in [-0.2, 0) is 6.54 Å². The van der Waals surface area contributed by atoms with E-state index < -0.39 is 0 Å². The molecule has 0 aliphatic carbocycles. The van der Waals surface area contributed by atoms with Crippen LogP contribution in [0.2, 0.25) is 0 Å². The molecule has 0 saturated heterocycles. The Morgan fingerprint density at radius 2 is 2.06 bits per heavy atom. The minimum Gasteiger partial charge on any atom is -0.332 e. The van der Waals surface area contributed by atoms with E-state index in [0.717, 1.165) is 18.5 Å². The second-order valence-electron chi connectivity index (χ2n) is 3.97. The van der Waals surface area contributed by atoms with E-state index in [9.17, 15) is 4.79 Å². The van der Waals surface area contributed by atoms with Gasteiger partial charge in [-0.1, -0.05) is 31.9 Å². The Bertz CT molecular complexity index is 531. The van der Waals surface area contributed by atoms with Gasteiger partial charge in [0, 0.05) is 6.54 Å². The average Bonchev–Trinajstić information content (AvgIpc) is 2.33. The predicted molar refractivity (Wildman–Crippen MR) is 65.5 cm³/mol. The molecule has 0 amide bonds. The molecule has 0 spiro atoms. The van der Waals surface area contributed by atoms with Gasteiger partial charge < -0.3 is 4.57 Å². The molecule has 0 aliphatic rings. The Hall–Kier alpha value is -1.64. The number of fused-ring (bicyclic) bond motifs is 1. The second-order valence-corrected chi connectivity index (χ2v) is 3.97. The van der Waals surface area contributed by atoms with Crippen molar-refractivity contribution >= 4 is 10.9 Å². The van der Waals surface area contributed by atoms with Crippen LogP contribution in [0.5, 0.6) is 0 Å². The zero-order valence-corrected chi connectivity index (χ0v) is 9.52. The molecule has 3 nitrogen and oxygen atoms in total. The van der Waals surface area contributed by atoms with Crippen LogP contribution in [-0.4, -0.2) is 9.55 Å². The maximum absolute atomic E-state index is 11.5. The average molecular weight is 216 g/mol. The highest BCUT2D eigenvalue weighted by molar-refractivity contribution is 5.77. The van der Waals surface area contributed by atoms with Gasteiger partial charge in [0.1, 0.15) is 0 Å². The molecule has 2 rings (SSSR count). The summed E-state index contributed by atoms with van der Waals surface area (Å²) in [6, 6.07) is 7.64. The molecule has 0 bridgehead atoms. The van der Waals surface area contributed by atoms with Crippen molar-refractivity contribution in [2.45, 2.75) is 32.7 Å². The molecule has 84 valence electrons. The first-order chi connectivity index (χ1) is 7.83. The standard InChI is InChI=1S/C13H16N2O/c1-2-3-6-9-15-10-14-13(16)11-7-4-5-8-12(11)15/h4-5,7-8,10H,2-3,6,9H2,1H3. The van der Waals surface area contributed by atoms with Gasteiger partial charge in [-0.15, -0.1) is 0 Å². The smallest absolute Gasteiger partial charge is 0.280 e. The van der Waals surface area contributed by atoms with Gasteiger partial charge in [-0.25, -0.2) is 0 Å². The van der Waals surface area contributed by atoms with Gasteiger partial charge in [0.25, 0.3) is 5.56 Å². The van der Waals surface area contributed by atoms with E-state index in [4.69, 9.17) is 0 Å². The van der Waals surface area contributed by atoms with Crippen molar-refractivity contribution < 1.29 is 0 Å². The third kappa shape index (κ3) is 2.13. The highest BCUT2D eigenvalue weighted by Gasteiger charge is 2.01. The molecule has 0 unspecified atom stereocenters. The molecule has 1 heterocycles. The van der Waals surface area contributed by atoms with E-state index in [0.29, 0.717) is 5.39 Å². The summed E-state index contributed by atoms with van der Waals surface area (Å²) in [5.41, 5.74) is 0.848. The third-order valence-electron chi connectivity index (χ3n) is 2.76. The molecule has 1 aromatic carbocycles. The number of nitrogens with zero attached hydrogens (tertiary/aromatic N) is 2. The molecule has 0 atom stereocenters. The van der Waals surface area contributed by atoms with Crippen molar-refractivity contribution in [2.24, 2.45) is 0 Å². The number of aromatic nitrogens is 2. The van der Waals surface area contributed by atoms with Crippen LogP contribution < -0.4 is 5.56 Å². The number of aryl methyl sites for hydroxylation is 1. The topological polar surface area (TPSA) is 34.9 Å². The van der Waals surface area contributed by atoms with Gasteiger partial charge in [0.05, 0.1) is 17.2 Å². The minimum absolute atomic E-state index is 0.137. The van der Waals surface area contributed by atoms with Gasteiger partial charge in [-0.05, 0) is 18.6 Å². The van der Waals surface area contributed by atoms with E-state index in [2.05, 4.69) is 16.5 Å². The summed E-state index contributed by atoms with van der Waals surface area (Å²) in [6.45, 7) is 3.11. The molecule has 1 aromatic heterocycles. The van der Waals surface area contributed by atoms with E-state index >= 15 is 0 Å². The lowest BCUT2D eigenvalue weighted by Crippen LogP contribution is -2.12. The Kier molecular flexibility index (Phi) is 3.34. The second kappa shape index (κ2) is 4.92. The summed E-state index contributed by atoms with van der Waals surface area (Å²) in [6.07, 6.45) is 5.19. The normalized spacial score (nSPS) is 10.8. The molecule has 0 aliphatic heterocycles. The van der Waals surface area contributed by atoms with Crippen molar-refractivity contribution in [3.63, 3.8) is 0 Å². The largest absolute Gasteiger partial charge is 0.332 e. The summed E-state index contributed by atoms with van der Waals surface area (Å²) in [4.78, 5) is 15.4. The zero-order chi connectivity index (χ0) is 11.4. The molecule has 0 radical (unpaired) electrons. The van der Waals surface area contributed by atoms with Crippen molar-refractivity contribution in [1.29, 1.82) is 0 Å². The summed E-state index contributed by atoms with van der Waals surface area (Å²) in [5, 5.41) is 0.710. The van der Waals surface area contributed by atoms with Crippen molar-refractivity contribution in [3.05, 3.63) is 40.9 Å². The first kappa shape index (κ1) is 10.9. The number of hydrogen-bond acceptors (Lipinski definition) is 2. The van der Waals surface area contributed by atoms with Crippen LogP contribution in [0.25, 0.3) is 10.9 Å². The number of benzene rings is 1. The first-order valence-corrected chi connectivity index (χ1v) is 5.77. The molecular weight excluding hydrogens is 200 g/mol. The van der Waals surface area contributed by atoms with Crippen molar-refractivity contribution in [3.8, 4) is 0 Å². The fourth-order valence-corrected chi connectivity index (χ4v) is 1.87. The zero-order valence-electron chi connectivity index (χ0n) is 9.52. The quantitative estimate of drug-likeness (QED) is 0.736. The molecule has 0 fully saturated rings. The maximum atomic E-state index is 11.5. The fraction of sp³-hybridized carbons (Fsp3) is 0.385. The van der Waals surface area contributed by atoms with Crippen molar-refractivity contribution in [1.82, 2.24) is 9.55 Å². The Labute approximate surface area is 94.7 Å². The van der Waals surface area contributed by atoms with E-state index in [1.807, 2.05) is 24.3 Å². The van der Waals surface area contributed by atoms with E-state index in [1.165, 1.54) is 12.8 Å². The van der Waals surface area contributed by atoms with Gasteiger partial charge in [-0.3, -0.25) is 4.79 Å². The number of hydrogen-bond donors (Lipinski definition) is 0. The van der Waals surface area contributed by atoms with Crippen LogP contribution >= 0.6 is 0 Å². The van der Waals surface area contributed by atoms with Gasteiger partial charge in [-0.2, -0.15) is 4.98 Å². The molecule has 3 heteroatoms. The highest BCUT2D eigenvalue weighted by atomic mass is 16.1. The number of rotatable bonds is 4. The predicted octanol–water partition coefficient (Wildman–Crippen LogP) is 2.59. The molecule has 0 saturated carbocycles. The third-order valence-corrected chi connectivity index (χ3v) is 2.76. The Morgan fingerprint density at radius 3 is 2.88 bits per heavy atom. The summed E-state index contributed by atoms with van der Waals surface area (Å²) < 4.78 is 2.06. The van der Waals surface area contributed by atoms with Gasteiger partial charge in [0.2, 0.25) is 0 Å². The van der Waals surface area contributed by atoms with Crippen LogP contribution in [0.4, 0.5) is 0 Å².